The highest BCUT2D eigenvalue weighted by Crippen LogP contribution is 2.32. The van der Waals surface area contributed by atoms with E-state index < -0.39 is 0 Å². The van der Waals surface area contributed by atoms with Crippen molar-refractivity contribution < 1.29 is 4.42 Å². The van der Waals surface area contributed by atoms with Gasteiger partial charge in [-0.2, -0.15) is 0 Å². The zero-order valence-electron chi connectivity index (χ0n) is 18.2. The summed E-state index contributed by atoms with van der Waals surface area (Å²) >= 11 is 1.31. The second kappa shape index (κ2) is 8.48. The minimum Gasteiger partial charge on any atom is -0.455 e. The summed E-state index contributed by atoms with van der Waals surface area (Å²) in [5.74, 6) is 0.478. The largest absolute Gasteiger partial charge is 0.455 e. The number of H-pyrrole nitrogens is 1. The number of benzene rings is 2. The number of allylic oxidation sites excluding steroid dienone is 4. The molecule has 0 saturated heterocycles. The van der Waals surface area contributed by atoms with Gasteiger partial charge in [0, 0.05) is 22.4 Å². The number of aromatic nitrogens is 1. The number of aromatic amines is 1. The Labute approximate surface area is 189 Å². The van der Waals surface area contributed by atoms with Crippen molar-refractivity contribution in [1.82, 2.24) is 4.37 Å². The van der Waals surface area contributed by atoms with Gasteiger partial charge in [0.05, 0.1) is 21.5 Å². The highest BCUT2D eigenvalue weighted by Gasteiger charge is 2.20. The normalized spacial score (nSPS) is 12.8. The summed E-state index contributed by atoms with van der Waals surface area (Å²) in [5, 5.41) is 4.60. The lowest BCUT2D eigenvalue weighted by molar-refractivity contribution is 0.575. The topological polar surface area (TPSA) is 75.1 Å². The van der Waals surface area contributed by atoms with Crippen molar-refractivity contribution in [3.8, 4) is 0 Å². The van der Waals surface area contributed by atoms with Crippen LogP contribution in [-0.4, -0.2) is 4.37 Å². The minimum atomic E-state index is -0.225. The van der Waals surface area contributed by atoms with E-state index in [4.69, 9.17) is 4.42 Å². The van der Waals surface area contributed by atoms with Crippen LogP contribution < -0.4 is 16.3 Å². The number of rotatable bonds is 6. The molecule has 0 aliphatic rings. The number of nitrogens with one attached hydrogen (secondary N) is 2. The van der Waals surface area contributed by atoms with Gasteiger partial charge in [-0.25, -0.2) is 0 Å². The molecular formula is C26H24N2O3S. The minimum absolute atomic E-state index is 0.0772. The van der Waals surface area contributed by atoms with Gasteiger partial charge in [0.15, 0.2) is 5.43 Å². The molecule has 0 radical (unpaired) electrons. The molecule has 4 rings (SSSR count). The van der Waals surface area contributed by atoms with Crippen LogP contribution in [0.5, 0.6) is 0 Å². The Morgan fingerprint density at radius 1 is 1.22 bits per heavy atom. The fraction of sp³-hybridized carbons (Fsp3) is 0.154. The summed E-state index contributed by atoms with van der Waals surface area (Å²) < 4.78 is 10.00. The molecule has 0 aliphatic heterocycles. The van der Waals surface area contributed by atoms with Crippen molar-refractivity contribution in [2.45, 2.75) is 26.8 Å². The number of hydrogen-bond donors (Lipinski definition) is 2. The highest BCUT2D eigenvalue weighted by molar-refractivity contribution is 7.13. The third-order valence-electron chi connectivity index (χ3n) is 5.52. The molecule has 162 valence electrons. The predicted molar refractivity (Wildman–Crippen MR) is 135 cm³/mol. The Morgan fingerprint density at radius 2 is 2.00 bits per heavy atom. The van der Waals surface area contributed by atoms with Gasteiger partial charge >= 0.3 is 0 Å². The summed E-state index contributed by atoms with van der Waals surface area (Å²) in [6.07, 6.45) is 5.06. The van der Waals surface area contributed by atoms with E-state index in [0.29, 0.717) is 33.3 Å². The van der Waals surface area contributed by atoms with Gasteiger partial charge < -0.3 is 9.73 Å². The quantitative estimate of drug-likeness (QED) is 0.345. The van der Waals surface area contributed by atoms with Crippen molar-refractivity contribution in [2.24, 2.45) is 0 Å². The molecule has 6 heteroatoms. The van der Waals surface area contributed by atoms with Gasteiger partial charge in [-0.1, -0.05) is 55.1 Å². The molecule has 1 unspecified atom stereocenters. The van der Waals surface area contributed by atoms with E-state index in [2.05, 4.69) is 22.8 Å². The number of anilines is 1. The molecule has 0 saturated carbocycles. The third-order valence-corrected chi connectivity index (χ3v) is 6.36. The molecule has 4 aromatic rings. The Kier molecular flexibility index (Phi) is 5.72. The smallest absolute Gasteiger partial charge is 0.268 e. The van der Waals surface area contributed by atoms with Crippen LogP contribution in [-0.2, 0) is 0 Å². The van der Waals surface area contributed by atoms with E-state index in [1.54, 1.807) is 25.2 Å². The summed E-state index contributed by atoms with van der Waals surface area (Å²) in [4.78, 5) is 25.5. The Morgan fingerprint density at radius 3 is 2.72 bits per heavy atom. The van der Waals surface area contributed by atoms with Crippen LogP contribution >= 0.6 is 11.5 Å². The van der Waals surface area contributed by atoms with Crippen molar-refractivity contribution in [1.29, 1.82) is 0 Å². The summed E-state index contributed by atoms with van der Waals surface area (Å²) in [6.45, 7) is 13.3. The second-order valence-electron chi connectivity index (χ2n) is 7.76. The molecule has 2 aromatic heterocycles. The second-order valence-corrected chi connectivity index (χ2v) is 8.60. The molecule has 0 bridgehead atoms. The first-order valence-corrected chi connectivity index (χ1v) is 11.1. The van der Waals surface area contributed by atoms with Crippen LogP contribution in [0, 0.1) is 13.8 Å². The average Bonchev–Trinajstić information content (AvgIpc) is 3.16. The fourth-order valence-corrected chi connectivity index (χ4v) is 4.72. The number of aryl methyl sites for hydroxylation is 1. The zero-order valence-corrected chi connectivity index (χ0v) is 19.1. The molecular weight excluding hydrogens is 420 g/mol. The van der Waals surface area contributed by atoms with Crippen molar-refractivity contribution in [2.75, 3.05) is 5.32 Å². The summed E-state index contributed by atoms with van der Waals surface area (Å²) in [7, 11) is 0. The van der Waals surface area contributed by atoms with Crippen LogP contribution in [0.2, 0.25) is 0 Å². The van der Waals surface area contributed by atoms with Crippen LogP contribution in [0.1, 0.15) is 35.4 Å². The van der Waals surface area contributed by atoms with E-state index in [-0.39, 0.29) is 17.0 Å². The molecule has 0 fully saturated rings. The van der Waals surface area contributed by atoms with E-state index in [0.717, 1.165) is 21.5 Å². The molecule has 0 aliphatic carbocycles. The van der Waals surface area contributed by atoms with Gasteiger partial charge in [0.25, 0.3) is 5.56 Å². The maximum Gasteiger partial charge on any atom is 0.268 e. The van der Waals surface area contributed by atoms with E-state index in [9.17, 15) is 9.59 Å². The Bertz CT molecular complexity index is 1520. The van der Waals surface area contributed by atoms with Crippen molar-refractivity contribution in [3.63, 3.8) is 0 Å². The monoisotopic (exact) mass is 444 g/mol. The number of fused-ring (bicyclic) bond motifs is 2. The lowest BCUT2D eigenvalue weighted by Gasteiger charge is -2.19. The van der Waals surface area contributed by atoms with E-state index in [1.165, 1.54) is 11.5 Å². The third kappa shape index (κ3) is 3.63. The van der Waals surface area contributed by atoms with Gasteiger partial charge in [0.2, 0.25) is 0 Å². The van der Waals surface area contributed by atoms with Crippen LogP contribution in [0.15, 0.2) is 75.7 Å². The molecule has 2 heterocycles. The molecule has 2 aromatic carbocycles. The summed E-state index contributed by atoms with van der Waals surface area (Å²) in [5.41, 5.74) is 4.07. The molecule has 0 spiro atoms. The van der Waals surface area contributed by atoms with Gasteiger partial charge in [-0.05, 0) is 44.5 Å². The van der Waals surface area contributed by atoms with Crippen LogP contribution in [0.25, 0.3) is 26.6 Å². The maximum atomic E-state index is 13.2. The average molecular weight is 445 g/mol. The van der Waals surface area contributed by atoms with Gasteiger partial charge in [-0.3, -0.25) is 14.0 Å². The lowest BCUT2D eigenvalue weighted by atomic mass is 9.98. The van der Waals surface area contributed by atoms with Crippen LogP contribution in [0.3, 0.4) is 0 Å². The van der Waals surface area contributed by atoms with Crippen molar-refractivity contribution >= 4 is 43.8 Å². The molecule has 32 heavy (non-hydrogen) atoms. The van der Waals surface area contributed by atoms with Crippen molar-refractivity contribution in [3.05, 3.63) is 105 Å². The lowest BCUT2D eigenvalue weighted by Crippen LogP contribution is -2.14. The highest BCUT2D eigenvalue weighted by atomic mass is 32.1. The van der Waals surface area contributed by atoms with E-state index in [1.807, 2.05) is 44.2 Å². The maximum absolute atomic E-state index is 13.2. The SMILES string of the molecule is C=C/C=C(\C=C)c1oc2c(C(C)Nc3cccc4s[nH]c(=O)c34)cc(C)cc2c(=O)c1C. The Balaban J connectivity index is 1.92. The first kappa shape index (κ1) is 21.6. The first-order valence-electron chi connectivity index (χ1n) is 10.3. The number of hydrogen-bond acceptors (Lipinski definition) is 5. The summed E-state index contributed by atoms with van der Waals surface area (Å²) in [6, 6.07) is 9.33. The molecule has 5 nitrogen and oxygen atoms in total. The molecule has 0 amide bonds. The van der Waals surface area contributed by atoms with Crippen LogP contribution in [0.4, 0.5) is 5.69 Å². The zero-order chi connectivity index (χ0) is 23.0. The molecule has 2 N–H and O–H groups in total. The fourth-order valence-electron chi connectivity index (χ4n) is 3.96. The van der Waals surface area contributed by atoms with Gasteiger partial charge in [-0.15, -0.1) is 0 Å². The first-order chi connectivity index (χ1) is 15.3. The Hall–Kier alpha value is -3.64. The van der Waals surface area contributed by atoms with E-state index >= 15 is 0 Å². The standard InChI is InChI=1S/C26H24N2O3S/c1-6-9-17(7-2)24-15(4)23(29)19-13-14(3)12-18(25(19)31-24)16(5)27-20-10-8-11-21-22(20)26(30)28-32-21/h6-13,16,27H,1-2H2,3-5H3,(H,28,30)/b17-9+. The van der Waals surface area contributed by atoms with Gasteiger partial charge in [0.1, 0.15) is 11.3 Å². The predicted octanol–water partition coefficient (Wildman–Crippen LogP) is 6.24. The molecule has 1 atom stereocenters.